The first-order chi connectivity index (χ1) is 15.0. The number of carbonyl (C=O) groups is 1. The number of nitrogens with one attached hydrogen (secondary N) is 1. The fraction of sp³-hybridized carbons (Fsp3) is 0.200. The first-order valence-corrected chi connectivity index (χ1v) is 11.8. The molecule has 3 nitrogen and oxygen atoms in total. The fourth-order valence-electron chi connectivity index (χ4n) is 3.00. The largest absolute Gasteiger partial charge is 0.352 e. The number of rotatable bonds is 7. The van der Waals surface area contributed by atoms with Crippen LogP contribution in [0, 0.1) is 0 Å². The van der Waals surface area contributed by atoms with Gasteiger partial charge in [-0.1, -0.05) is 72.6 Å². The quantitative estimate of drug-likeness (QED) is 0.331. The molecule has 0 saturated carbocycles. The first-order valence-electron chi connectivity index (χ1n) is 10.2. The van der Waals surface area contributed by atoms with Gasteiger partial charge in [0.15, 0.2) is 0 Å². The number of allylic oxidation sites excluding steroid dienone is 5. The second kappa shape index (κ2) is 11.4. The van der Waals surface area contributed by atoms with Crippen LogP contribution >= 0.6 is 35.0 Å². The van der Waals surface area contributed by atoms with E-state index < -0.39 is 0 Å². The van der Waals surface area contributed by atoms with Crippen molar-refractivity contribution in [2.75, 3.05) is 6.54 Å². The lowest BCUT2D eigenvalue weighted by Gasteiger charge is -2.09. The second-order valence-electron chi connectivity index (χ2n) is 6.99. The maximum atomic E-state index is 12.5. The van der Waals surface area contributed by atoms with Crippen LogP contribution in [0.2, 0.25) is 10.0 Å². The van der Waals surface area contributed by atoms with E-state index in [0.29, 0.717) is 22.2 Å². The molecule has 1 aliphatic rings. The molecule has 0 unspecified atom stereocenters. The zero-order valence-corrected chi connectivity index (χ0v) is 19.8. The number of hydrogen-bond donors (Lipinski definition) is 1. The lowest BCUT2D eigenvalue weighted by molar-refractivity contribution is 0.0953. The molecule has 6 heteroatoms. The van der Waals surface area contributed by atoms with Gasteiger partial charge in [0, 0.05) is 38.2 Å². The van der Waals surface area contributed by atoms with Crippen molar-refractivity contribution >= 4 is 52.3 Å². The summed E-state index contributed by atoms with van der Waals surface area (Å²) in [6.45, 7) is 4.73. The van der Waals surface area contributed by atoms with Gasteiger partial charge in [-0.15, -0.1) is 0 Å². The molecule has 1 aliphatic heterocycles. The van der Waals surface area contributed by atoms with E-state index >= 15 is 0 Å². The highest BCUT2D eigenvalue weighted by Gasteiger charge is 2.17. The highest BCUT2D eigenvalue weighted by molar-refractivity contribution is 8.02. The minimum Gasteiger partial charge on any atom is -0.352 e. The van der Waals surface area contributed by atoms with Crippen molar-refractivity contribution in [3.05, 3.63) is 92.9 Å². The van der Waals surface area contributed by atoms with Crippen molar-refractivity contribution in [3.8, 4) is 0 Å². The molecule has 31 heavy (non-hydrogen) atoms. The minimum atomic E-state index is -0.0887. The first kappa shape index (κ1) is 23.4. The Balaban J connectivity index is 2.06. The maximum Gasteiger partial charge on any atom is 0.251 e. The van der Waals surface area contributed by atoms with E-state index in [1.807, 2.05) is 61.6 Å². The molecule has 0 aliphatic carbocycles. The van der Waals surface area contributed by atoms with Crippen molar-refractivity contribution in [1.29, 1.82) is 0 Å². The summed E-state index contributed by atoms with van der Waals surface area (Å²) in [6.07, 6.45) is 9.89. The standard InChI is InChI=1S/C25H24Cl2N2OS/c1-3-5-7-8-18-16-31-23-10-9-17(25(30)28-11-6-4-2)14-22(23)29-24(18)19-12-20(26)15-21(27)13-19/h3,5,7-10,12-16H,4,6,11H2,1-2H3,(H,28,30)/b5-3-,8-7-. The van der Waals surface area contributed by atoms with Crippen LogP contribution in [0.5, 0.6) is 0 Å². The van der Waals surface area contributed by atoms with Gasteiger partial charge in [0.25, 0.3) is 5.91 Å². The highest BCUT2D eigenvalue weighted by Crippen LogP contribution is 2.37. The van der Waals surface area contributed by atoms with Gasteiger partial charge in [0.1, 0.15) is 0 Å². The maximum absolute atomic E-state index is 12.5. The molecule has 0 atom stereocenters. The van der Waals surface area contributed by atoms with E-state index in [0.717, 1.165) is 40.3 Å². The molecule has 0 aromatic heterocycles. The predicted octanol–water partition coefficient (Wildman–Crippen LogP) is 7.77. The molecule has 160 valence electrons. The number of nitrogens with zero attached hydrogens (tertiary/aromatic N) is 1. The fourth-order valence-corrected chi connectivity index (χ4v) is 4.35. The summed E-state index contributed by atoms with van der Waals surface area (Å²) in [4.78, 5) is 18.5. The van der Waals surface area contributed by atoms with Crippen LogP contribution in [0.15, 0.2) is 81.6 Å². The molecule has 1 heterocycles. The molecule has 0 bridgehead atoms. The zero-order valence-electron chi connectivity index (χ0n) is 17.5. The summed E-state index contributed by atoms with van der Waals surface area (Å²) in [7, 11) is 0. The predicted molar refractivity (Wildman–Crippen MR) is 134 cm³/mol. The Morgan fingerprint density at radius 2 is 1.90 bits per heavy atom. The van der Waals surface area contributed by atoms with Crippen molar-refractivity contribution in [3.63, 3.8) is 0 Å². The SMILES string of the molecule is C/C=C\C=C/C1=CSc2ccc(C(=O)NCCCC)cc2N=C1c1cc(Cl)cc(Cl)c1. The molecule has 2 aromatic rings. The third-order valence-electron chi connectivity index (χ3n) is 4.57. The second-order valence-corrected chi connectivity index (χ2v) is 8.77. The monoisotopic (exact) mass is 470 g/mol. The highest BCUT2D eigenvalue weighted by atomic mass is 35.5. The normalized spacial score (nSPS) is 13.7. The molecule has 0 saturated heterocycles. The number of carbonyl (C=O) groups excluding carboxylic acids is 1. The molecule has 0 radical (unpaired) electrons. The van der Waals surface area contributed by atoms with Crippen LogP contribution in [-0.4, -0.2) is 18.2 Å². The van der Waals surface area contributed by atoms with E-state index in [9.17, 15) is 4.79 Å². The number of hydrogen-bond acceptors (Lipinski definition) is 3. The third kappa shape index (κ3) is 6.36. The number of thioether (sulfide) groups is 1. The lowest BCUT2D eigenvalue weighted by atomic mass is 10.0. The summed E-state index contributed by atoms with van der Waals surface area (Å²) in [5.74, 6) is -0.0887. The lowest BCUT2D eigenvalue weighted by Crippen LogP contribution is -2.24. The van der Waals surface area contributed by atoms with Gasteiger partial charge in [0.2, 0.25) is 0 Å². The van der Waals surface area contributed by atoms with Crippen LogP contribution in [-0.2, 0) is 0 Å². The number of unbranched alkanes of at least 4 members (excludes halogenated alkanes) is 1. The Kier molecular flexibility index (Phi) is 8.59. The minimum absolute atomic E-state index is 0.0887. The number of halogens is 2. The smallest absolute Gasteiger partial charge is 0.251 e. The van der Waals surface area contributed by atoms with Crippen LogP contribution in [0.1, 0.15) is 42.6 Å². The van der Waals surface area contributed by atoms with Crippen molar-refractivity contribution in [2.45, 2.75) is 31.6 Å². The van der Waals surface area contributed by atoms with E-state index in [2.05, 4.69) is 17.6 Å². The van der Waals surface area contributed by atoms with Crippen LogP contribution in [0.3, 0.4) is 0 Å². The van der Waals surface area contributed by atoms with E-state index in [1.165, 1.54) is 0 Å². The Morgan fingerprint density at radius 1 is 1.13 bits per heavy atom. The topological polar surface area (TPSA) is 41.5 Å². The Labute approximate surface area is 197 Å². The van der Waals surface area contributed by atoms with Gasteiger partial charge >= 0.3 is 0 Å². The van der Waals surface area contributed by atoms with Gasteiger partial charge in [-0.2, -0.15) is 0 Å². The Morgan fingerprint density at radius 3 is 2.61 bits per heavy atom. The van der Waals surface area contributed by atoms with Gasteiger partial charge in [-0.25, -0.2) is 4.99 Å². The van der Waals surface area contributed by atoms with E-state index in [1.54, 1.807) is 17.8 Å². The van der Waals surface area contributed by atoms with E-state index in [-0.39, 0.29) is 5.91 Å². The Bertz CT molecular complexity index is 1070. The summed E-state index contributed by atoms with van der Waals surface area (Å²) < 4.78 is 0. The number of fused-ring (bicyclic) bond motifs is 1. The van der Waals surface area contributed by atoms with Crippen LogP contribution in [0.4, 0.5) is 5.69 Å². The van der Waals surface area contributed by atoms with Gasteiger partial charge in [0.05, 0.1) is 11.4 Å². The molecule has 1 N–H and O–H groups in total. The number of benzene rings is 2. The van der Waals surface area contributed by atoms with Gasteiger partial charge < -0.3 is 5.32 Å². The average Bonchev–Trinajstić information content (AvgIpc) is 2.92. The summed E-state index contributed by atoms with van der Waals surface area (Å²) in [5, 5.41) is 6.11. The summed E-state index contributed by atoms with van der Waals surface area (Å²) in [6, 6.07) is 11.0. The molecular formula is C25H24Cl2N2OS. The van der Waals surface area contributed by atoms with Crippen molar-refractivity contribution < 1.29 is 4.79 Å². The summed E-state index contributed by atoms with van der Waals surface area (Å²) in [5.41, 5.74) is 3.84. The molecule has 1 amide bonds. The molecule has 3 rings (SSSR count). The summed E-state index contributed by atoms with van der Waals surface area (Å²) >= 11 is 14.1. The number of amides is 1. The Hall–Kier alpha value is -2.27. The van der Waals surface area contributed by atoms with E-state index in [4.69, 9.17) is 28.2 Å². The molecular weight excluding hydrogens is 447 g/mol. The third-order valence-corrected chi connectivity index (χ3v) is 5.98. The number of aliphatic imine (C=N–C) groups is 1. The molecule has 0 spiro atoms. The zero-order chi connectivity index (χ0) is 22.2. The van der Waals surface area contributed by atoms with Crippen LogP contribution in [0.25, 0.3) is 0 Å². The van der Waals surface area contributed by atoms with Crippen molar-refractivity contribution in [2.24, 2.45) is 4.99 Å². The van der Waals surface area contributed by atoms with Crippen molar-refractivity contribution in [1.82, 2.24) is 5.32 Å². The van der Waals surface area contributed by atoms with Gasteiger partial charge in [-0.3, -0.25) is 4.79 Å². The molecule has 2 aromatic carbocycles. The van der Waals surface area contributed by atoms with Gasteiger partial charge in [-0.05, 0) is 55.2 Å². The molecule has 0 fully saturated rings. The average molecular weight is 471 g/mol. The van der Waals surface area contributed by atoms with Crippen LogP contribution < -0.4 is 5.32 Å².